The molecule has 9 heteroatoms. The van der Waals surface area contributed by atoms with E-state index in [1.807, 2.05) is 24.3 Å². The zero-order valence-electron chi connectivity index (χ0n) is 17.4. The van der Waals surface area contributed by atoms with Gasteiger partial charge in [-0.3, -0.25) is 9.59 Å². The van der Waals surface area contributed by atoms with Crippen LogP contribution in [0.2, 0.25) is 0 Å². The first-order valence-corrected chi connectivity index (χ1v) is 11.2. The second kappa shape index (κ2) is 9.30. The van der Waals surface area contributed by atoms with E-state index in [0.29, 0.717) is 22.5 Å². The van der Waals surface area contributed by atoms with Crippen LogP contribution >= 0.6 is 11.8 Å². The first-order valence-electron chi connectivity index (χ1n) is 10.2. The van der Waals surface area contributed by atoms with Gasteiger partial charge >= 0.3 is 0 Å². The number of nitrogens with one attached hydrogen (secondary N) is 2. The fraction of sp³-hybridized carbons (Fsp3) is 0.318. The zero-order valence-corrected chi connectivity index (χ0v) is 18.2. The van der Waals surface area contributed by atoms with Gasteiger partial charge in [-0.1, -0.05) is 37.7 Å². The van der Waals surface area contributed by atoms with Gasteiger partial charge in [0.1, 0.15) is 11.4 Å². The van der Waals surface area contributed by atoms with Crippen molar-refractivity contribution in [3.63, 3.8) is 0 Å². The monoisotopic (exact) mass is 436 g/mol. The summed E-state index contributed by atoms with van der Waals surface area (Å²) in [6.45, 7) is 4.26. The number of hydrogen-bond acceptors (Lipinski definition) is 6. The third kappa shape index (κ3) is 5.69. The molecule has 1 aliphatic rings. The van der Waals surface area contributed by atoms with Crippen LogP contribution in [0.15, 0.2) is 53.9 Å². The fourth-order valence-electron chi connectivity index (χ4n) is 2.88. The number of amides is 2. The molecule has 2 heterocycles. The quantitative estimate of drug-likeness (QED) is 0.414. The van der Waals surface area contributed by atoms with Crippen molar-refractivity contribution < 1.29 is 9.59 Å². The average Bonchev–Trinajstić information content (AvgIpc) is 3.44. The highest BCUT2D eigenvalue weighted by Crippen LogP contribution is 2.21. The molecule has 0 saturated heterocycles. The molecule has 2 N–H and O–H groups in total. The smallest absolute Gasteiger partial charge is 0.272 e. The highest BCUT2D eigenvalue weighted by atomic mass is 32.2. The van der Waals surface area contributed by atoms with Crippen LogP contribution in [0.1, 0.15) is 48.7 Å². The lowest BCUT2D eigenvalue weighted by atomic mass is 10.0. The second-order valence-electron chi connectivity index (χ2n) is 7.72. The maximum atomic E-state index is 12.3. The van der Waals surface area contributed by atoms with Crippen molar-refractivity contribution in [2.75, 3.05) is 11.1 Å². The normalized spacial score (nSPS) is 13.3. The summed E-state index contributed by atoms with van der Waals surface area (Å²) in [5.74, 6) is 0.915. The predicted molar refractivity (Wildman–Crippen MR) is 120 cm³/mol. The number of thioether (sulfide) groups is 1. The van der Waals surface area contributed by atoms with Gasteiger partial charge in [-0.2, -0.15) is 5.10 Å². The molecule has 3 aromatic rings. The summed E-state index contributed by atoms with van der Waals surface area (Å²) in [6, 6.07) is 11.5. The van der Waals surface area contributed by atoms with Gasteiger partial charge in [-0.25, -0.2) is 14.6 Å². The lowest BCUT2D eigenvalue weighted by molar-refractivity contribution is -0.113. The van der Waals surface area contributed by atoms with Crippen molar-refractivity contribution in [1.82, 2.24) is 25.1 Å². The molecule has 1 aliphatic carbocycles. The Kier molecular flexibility index (Phi) is 6.31. The van der Waals surface area contributed by atoms with Crippen molar-refractivity contribution in [3.8, 4) is 5.82 Å². The lowest BCUT2D eigenvalue weighted by Gasteiger charge is -2.08. The molecule has 0 atom stereocenters. The van der Waals surface area contributed by atoms with Gasteiger partial charge < -0.3 is 10.6 Å². The van der Waals surface area contributed by atoms with Crippen LogP contribution in [0.25, 0.3) is 5.82 Å². The van der Waals surface area contributed by atoms with E-state index < -0.39 is 0 Å². The van der Waals surface area contributed by atoms with E-state index in [0.717, 1.165) is 18.5 Å². The molecule has 0 radical (unpaired) electrons. The van der Waals surface area contributed by atoms with Crippen molar-refractivity contribution in [2.45, 2.75) is 43.7 Å². The van der Waals surface area contributed by atoms with Gasteiger partial charge in [0.25, 0.3) is 5.91 Å². The fourth-order valence-corrected chi connectivity index (χ4v) is 3.54. The van der Waals surface area contributed by atoms with Crippen LogP contribution in [0.5, 0.6) is 0 Å². The Balaban J connectivity index is 1.33. The van der Waals surface area contributed by atoms with Gasteiger partial charge in [-0.15, -0.1) is 0 Å². The van der Waals surface area contributed by atoms with E-state index >= 15 is 0 Å². The summed E-state index contributed by atoms with van der Waals surface area (Å²) in [6.07, 6.45) is 5.16. The summed E-state index contributed by atoms with van der Waals surface area (Å²) in [4.78, 5) is 32.8. The number of rotatable bonds is 8. The first-order chi connectivity index (χ1) is 15.0. The SMILES string of the molecule is CC(C)c1ccc(NC(=O)CSc2cc(-n3ccc(C(=O)NC4CC4)n3)ncn2)cc1. The van der Waals surface area contributed by atoms with Crippen LogP contribution in [-0.2, 0) is 4.79 Å². The van der Waals surface area contributed by atoms with Crippen LogP contribution < -0.4 is 10.6 Å². The zero-order chi connectivity index (χ0) is 21.8. The summed E-state index contributed by atoms with van der Waals surface area (Å²) in [7, 11) is 0. The molecule has 2 aromatic heterocycles. The third-order valence-corrected chi connectivity index (χ3v) is 5.73. The molecule has 2 amide bonds. The minimum Gasteiger partial charge on any atom is -0.348 e. The Hall–Kier alpha value is -3.20. The maximum absolute atomic E-state index is 12.3. The van der Waals surface area contributed by atoms with Gasteiger partial charge in [0.05, 0.1) is 5.75 Å². The molecular formula is C22H24N6O2S. The van der Waals surface area contributed by atoms with Crippen LogP contribution in [0.3, 0.4) is 0 Å². The number of benzene rings is 1. The van der Waals surface area contributed by atoms with E-state index in [4.69, 9.17) is 0 Å². The topological polar surface area (TPSA) is 102 Å². The number of anilines is 1. The molecule has 1 fully saturated rings. The predicted octanol–water partition coefficient (Wildman–Crippen LogP) is 3.41. The molecule has 1 saturated carbocycles. The van der Waals surface area contributed by atoms with Crippen LogP contribution in [0, 0.1) is 0 Å². The number of hydrogen-bond donors (Lipinski definition) is 2. The Bertz CT molecular complexity index is 1080. The van der Waals surface area contributed by atoms with E-state index in [1.165, 1.54) is 28.3 Å². The van der Waals surface area contributed by atoms with Crippen molar-refractivity contribution in [3.05, 3.63) is 60.2 Å². The molecule has 1 aromatic carbocycles. The third-order valence-electron chi connectivity index (χ3n) is 4.81. The molecule has 8 nitrogen and oxygen atoms in total. The Morgan fingerprint density at radius 2 is 1.94 bits per heavy atom. The summed E-state index contributed by atoms with van der Waals surface area (Å²) < 4.78 is 1.53. The molecule has 160 valence electrons. The van der Waals surface area contributed by atoms with E-state index in [9.17, 15) is 9.59 Å². The Morgan fingerprint density at radius 1 is 1.16 bits per heavy atom. The first kappa shape index (κ1) is 21.0. The highest BCUT2D eigenvalue weighted by Gasteiger charge is 2.24. The standard InChI is InChI=1S/C22H24N6O2S/c1-14(2)15-3-5-16(6-4-15)25-20(29)12-31-21-11-19(23-13-24-21)28-10-9-18(27-28)22(30)26-17-7-8-17/h3-6,9-11,13-14,17H,7-8,12H2,1-2H3,(H,25,29)(H,26,30). The minimum absolute atomic E-state index is 0.111. The van der Waals surface area contributed by atoms with Crippen LogP contribution in [-0.4, -0.2) is 43.4 Å². The molecule has 31 heavy (non-hydrogen) atoms. The summed E-state index contributed by atoms with van der Waals surface area (Å²) >= 11 is 1.31. The molecule has 0 unspecified atom stereocenters. The van der Waals surface area contributed by atoms with Crippen molar-refractivity contribution in [2.24, 2.45) is 0 Å². The molecule has 4 rings (SSSR count). The highest BCUT2D eigenvalue weighted by molar-refractivity contribution is 7.99. The number of carbonyl (C=O) groups excluding carboxylic acids is 2. The Labute approximate surface area is 184 Å². The molecule has 0 bridgehead atoms. The van der Waals surface area contributed by atoms with E-state index in [1.54, 1.807) is 18.3 Å². The van der Waals surface area contributed by atoms with Gasteiger partial charge in [-0.05, 0) is 42.5 Å². The largest absolute Gasteiger partial charge is 0.348 e. The maximum Gasteiger partial charge on any atom is 0.272 e. The van der Waals surface area contributed by atoms with Gasteiger partial charge in [0.2, 0.25) is 5.91 Å². The second-order valence-corrected chi connectivity index (χ2v) is 8.72. The van der Waals surface area contributed by atoms with Crippen molar-refractivity contribution >= 4 is 29.3 Å². The number of aromatic nitrogens is 4. The molecule has 0 spiro atoms. The number of nitrogens with zero attached hydrogens (tertiary/aromatic N) is 4. The van der Waals surface area contributed by atoms with Gasteiger partial charge in [0.15, 0.2) is 11.5 Å². The Morgan fingerprint density at radius 3 is 2.65 bits per heavy atom. The number of carbonyl (C=O) groups is 2. The van der Waals surface area contributed by atoms with E-state index in [2.05, 4.69) is 39.5 Å². The van der Waals surface area contributed by atoms with Crippen molar-refractivity contribution in [1.29, 1.82) is 0 Å². The average molecular weight is 437 g/mol. The summed E-state index contributed by atoms with van der Waals surface area (Å²) in [5, 5.41) is 10.8. The molecular weight excluding hydrogens is 412 g/mol. The van der Waals surface area contributed by atoms with Gasteiger partial charge in [0, 0.05) is 24.0 Å². The van der Waals surface area contributed by atoms with Crippen LogP contribution in [0.4, 0.5) is 5.69 Å². The lowest BCUT2D eigenvalue weighted by Crippen LogP contribution is -2.25. The summed E-state index contributed by atoms with van der Waals surface area (Å²) in [5.41, 5.74) is 2.35. The minimum atomic E-state index is -0.178. The van der Waals surface area contributed by atoms with E-state index in [-0.39, 0.29) is 23.6 Å². The molecule has 0 aliphatic heterocycles.